The molecular weight excluding hydrogens is 166 g/mol. The van der Waals surface area contributed by atoms with Gasteiger partial charge in [0.2, 0.25) is 0 Å². The molecule has 0 bridgehead atoms. The van der Waals surface area contributed by atoms with E-state index in [1.165, 1.54) is 0 Å². The normalized spacial score (nSPS) is 11.8. The fraction of sp³-hybridized carbons (Fsp3) is 0.300. The molecule has 13 heavy (non-hydrogen) atoms. The highest BCUT2D eigenvalue weighted by atomic mass is 16.5. The van der Waals surface area contributed by atoms with E-state index in [4.69, 9.17) is 15.1 Å². The van der Waals surface area contributed by atoms with Crippen molar-refractivity contribution in [2.75, 3.05) is 0 Å². The minimum atomic E-state index is -0.464. The van der Waals surface area contributed by atoms with Gasteiger partial charge in [-0.05, 0) is 24.6 Å². The second kappa shape index (κ2) is 4.48. The van der Waals surface area contributed by atoms with E-state index < -0.39 is 6.10 Å². The molecule has 0 amide bonds. The van der Waals surface area contributed by atoms with E-state index in [0.29, 0.717) is 5.75 Å². The average molecular weight is 177 g/mol. The number of rotatable bonds is 3. The Morgan fingerprint density at radius 2 is 2.38 bits per heavy atom. The minimum Gasteiger partial charge on any atom is -0.476 e. The fourth-order valence-corrected chi connectivity index (χ4v) is 0.948. The number of hydrogen-bond donors (Lipinski definition) is 1. The van der Waals surface area contributed by atoms with Crippen LogP contribution in [0.3, 0.4) is 0 Å². The van der Waals surface area contributed by atoms with Gasteiger partial charge in [0, 0.05) is 0 Å². The maximum absolute atomic E-state index is 8.83. The molecule has 1 rings (SSSR count). The van der Waals surface area contributed by atoms with Crippen LogP contribution < -0.4 is 4.74 Å². The SMILES string of the molecule is CC(C#N)Oc1cccc(CO)c1. The Balaban J connectivity index is 2.73. The monoisotopic (exact) mass is 177 g/mol. The van der Waals surface area contributed by atoms with Crippen LogP contribution in [0.4, 0.5) is 0 Å². The van der Waals surface area contributed by atoms with Crippen LogP contribution in [0.1, 0.15) is 12.5 Å². The summed E-state index contributed by atoms with van der Waals surface area (Å²) < 4.78 is 5.23. The number of benzene rings is 1. The molecular formula is C10H11NO2. The highest BCUT2D eigenvalue weighted by Crippen LogP contribution is 2.14. The third-order valence-corrected chi connectivity index (χ3v) is 1.58. The van der Waals surface area contributed by atoms with E-state index in [-0.39, 0.29) is 6.61 Å². The molecule has 0 aliphatic heterocycles. The van der Waals surface area contributed by atoms with Crippen molar-refractivity contribution in [2.45, 2.75) is 19.6 Å². The summed E-state index contributed by atoms with van der Waals surface area (Å²) in [5, 5.41) is 17.3. The quantitative estimate of drug-likeness (QED) is 0.760. The van der Waals surface area contributed by atoms with Crippen LogP contribution in [0.5, 0.6) is 5.75 Å². The molecule has 3 heteroatoms. The zero-order chi connectivity index (χ0) is 9.68. The molecule has 1 unspecified atom stereocenters. The first-order valence-electron chi connectivity index (χ1n) is 4.02. The van der Waals surface area contributed by atoms with Crippen molar-refractivity contribution in [1.82, 2.24) is 0 Å². The number of nitrogens with zero attached hydrogens (tertiary/aromatic N) is 1. The maximum atomic E-state index is 8.83. The van der Waals surface area contributed by atoms with Crippen molar-refractivity contribution in [3.05, 3.63) is 29.8 Å². The molecule has 0 spiro atoms. The molecule has 0 fully saturated rings. The number of aliphatic hydroxyl groups excluding tert-OH is 1. The Hall–Kier alpha value is -1.53. The second-order valence-corrected chi connectivity index (χ2v) is 2.69. The molecule has 1 N–H and O–H groups in total. The first-order valence-corrected chi connectivity index (χ1v) is 4.02. The van der Waals surface area contributed by atoms with Crippen LogP contribution in [0.2, 0.25) is 0 Å². The van der Waals surface area contributed by atoms with Crippen molar-refractivity contribution in [3.63, 3.8) is 0 Å². The van der Waals surface area contributed by atoms with E-state index >= 15 is 0 Å². The van der Waals surface area contributed by atoms with Crippen molar-refractivity contribution < 1.29 is 9.84 Å². The van der Waals surface area contributed by atoms with E-state index in [9.17, 15) is 0 Å². The van der Waals surface area contributed by atoms with Gasteiger partial charge in [-0.2, -0.15) is 5.26 Å². The predicted octanol–water partition coefficient (Wildman–Crippen LogP) is 1.47. The molecule has 1 aromatic rings. The lowest BCUT2D eigenvalue weighted by molar-refractivity contribution is 0.268. The first kappa shape index (κ1) is 9.56. The molecule has 0 aromatic heterocycles. The number of ether oxygens (including phenoxy) is 1. The van der Waals surface area contributed by atoms with Crippen molar-refractivity contribution in [2.24, 2.45) is 0 Å². The average Bonchev–Trinajstić information content (AvgIpc) is 2.18. The Labute approximate surface area is 77.2 Å². The Bertz CT molecular complexity index is 317. The standard InChI is InChI=1S/C10H11NO2/c1-8(6-11)13-10-4-2-3-9(5-10)7-12/h2-5,8,12H,7H2,1H3. The van der Waals surface area contributed by atoms with Gasteiger partial charge in [0.15, 0.2) is 6.10 Å². The molecule has 1 atom stereocenters. The van der Waals surface area contributed by atoms with Crippen molar-refractivity contribution in [3.8, 4) is 11.8 Å². The zero-order valence-electron chi connectivity index (χ0n) is 7.40. The Kier molecular flexibility index (Phi) is 3.30. The third kappa shape index (κ3) is 2.77. The summed E-state index contributed by atoms with van der Waals surface area (Å²) in [6, 6.07) is 9.02. The summed E-state index contributed by atoms with van der Waals surface area (Å²) in [4.78, 5) is 0. The summed E-state index contributed by atoms with van der Waals surface area (Å²) >= 11 is 0. The summed E-state index contributed by atoms with van der Waals surface area (Å²) in [6.07, 6.45) is -0.464. The number of aliphatic hydroxyl groups is 1. The Morgan fingerprint density at radius 1 is 1.62 bits per heavy atom. The number of nitriles is 1. The second-order valence-electron chi connectivity index (χ2n) is 2.69. The van der Waals surface area contributed by atoms with Crippen LogP contribution in [-0.4, -0.2) is 11.2 Å². The van der Waals surface area contributed by atoms with Crippen LogP contribution in [0, 0.1) is 11.3 Å². The van der Waals surface area contributed by atoms with Crippen LogP contribution in [0.15, 0.2) is 24.3 Å². The largest absolute Gasteiger partial charge is 0.476 e. The smallest absolute Gasteiger partial charge is 0.181 e. The van der Waals surface area contributed by atoms with Gasteiger partial charge in [0.1, 0.15) is 11.8 Å². The highest BCUT2D eigenvalue weighted by Gasteiger charge is 2.01. The summed E-state index contributed by atoms with van der Waals surface area (Å²) in [6.45, 7) is 1.66. The molecule has 0 aliphatic carbocycles. The van der Waals surface area contributed by atoms with Gasteiger partial charge in [-0.1, -0.05) is 12.1 Å². The van der Waals surface area contributed by atoms with Gasteiger partial charge in [0.25, 0.3) is 0 Å². The lowest BCUT2D eigenvalue weighted by Gasteiger charge is -2.07. The number of hydrogen-bond acceptors (Lipinski definition) is 3. The van der Waals surface area contributed by atoms with Gasteiger partial charge < -0.3 is 9.84 Å². The summed E-state index contributed by atoms with van der Waals surface area (Å²) in [5.41, 5.74) is 0.780. The fourth-order valence-electron chi connectivity index (χ4n) is 0.948. The van der Waals surface area contributed by atoms with Gasteiger partial charge >= 0.3 is 0 Å². The predicted molar refractivity (Wildman–Crippen MR) is 48.1 cm³/mol. The van der Waals surface area contributed by atoms with Crippen LogP contribution in [-0.2, 0) is 6.61 Å². The van der Waals surface area contributed by atoms with Gasteiger partial charge in [-0.25, -0.2) is 0 Å². The molecule has 0 saturated heterocycles. The first-order chi connectivity index (χ1) is 6.26. The highest BCUT2D eigenvalue weighted by molar-refractivity contribution is 5.28. The van der Waals surface area contributed by atoms with E-state index in [1.807, 2.05) is 6.07 Å². The molecule has 68 valence electrons. The summed E-state index contributed by atoms with van der Waals surface area (Å²) in [7, 11) is 0. The topological polar surface area (TPSA) is 53.2 Å². The molecule has 0 radical (unpaired) electrons. The molecule has 0 saturated carbocycles. The van der Waals surface area contributed by atoms with Crippen molar-refractivity contribution >= 4 is 0 Å². The van der Waals surface area contributed by atoms with Gasteiger partial charge in [-0.15, -0.1) is 0 Å². The molecule has 0 heterocycles. The third-order valence-electron chi connectivity index (χ3n) is 1.58. The minimum absolute atomic E-state index is 0.0157. The van der Waals surface area contributed by atoms with E-state index in [2.05, 4.69) is 0 Å². The van der Waals surface area contributed by atoms with Crippen molar-refractivity contribution in [1.29, 1.82) is 5.26 Å². The van der Waals surface area contributed by atoms with Crippen LogP contribution >= 0.6 is 0 Å². The molecule has 3 nitrogen and oxygen atoms in total. The molecule has 1 aromatic carbocycles. The van der Waals surface area contributed by atoms with E-state index in [0.717, 1.165) is 5.56 Å². The molecule has 0 aliphatic rings. The Morgan fingerprint density at radius 3 is 3.00 bits per heavy atom. The van der Waals surface area contributed by atoms with Gasteiger partial charge in [0.05, 0.1) is 6.61 Å². The van der Waals surface area contributed by atoms with E-state index in [1.54, 1.807) is 31.2 Å². The zero-order valence-corrected chi connectivity index (χ0v) is 7.40. The van der Waals surface area contributed by atoms with Crippen LogP contribution in [0.25, 0.3) is 0 Å². The van der Waals surface area contributed by atoms with Gasteiger partial charge in [-0.3, -0.25) is 0 Å². The summed E-state index contributed by atoms with van der Waals surface area (Å²) in [5.74, 6) is 0.612. The maximum Gasteiger partial charge on any atom is 0.181 e. The lowest BCUT2D eigenvalue weighted by Crippen LogP contribution is -2.08. The lowest BCUT2D eigenvalue weighted by atomic mass is 10.2.